The summed E-state index contributed by atoms with van der Waals surface area (Å²) in [6, 6.07) is 9.18. The third-order valence-electron chi connectivity index (χ3n) is 4.37. The van der Waals surface area contributed by atoms with Crippen LogP contribution < -0.4 is 23.8 Å². The first-order valence-corrected chi connectivity index (χ1v) is 7.92. The number of benzene rings is 2. The topological polar surface area (TPSA) is 57.2 Å². The molecule has 0 aromatic heterocycles. The van der Waals surface area contributed by atoms with Crippen LogP contribution in [0, 0.1) is 0 Å². The number of fused-ring (bicyclic) bond motifs is 1. The van der Waals surface area contributed by atoms with Gasteiger partial charge in [0.25, 0.3) is 5.91 Å². The van der Waals surface area contributed by atoms with Crippen LogP contribution in [0.4, 0.5) is 5.69 Å². The molecule has 0 unspecified atom stereocenters. The molecule has 25 heavy (non-hydrogen) atoms. The third kappa shape index (κ3) is 2.84. The van der Waals surface area contributed by atoms with Crippen LogP contribution >= 0.6 is 0 Å². The molecule has 2 aromatic carbocycles. The molecule has 3 rings (SSSR count). The average Bonchev–Trinajstić information content (AvgIpc) is 3.08. The van der Waals surface area contributed by atoms with Gasteiger partial charge in [-0.25, -0.2) is 0 Å². The number of nitrogens with zero attached hydrogens (tertiary/aromatic N) is 1. The Balaban J connectivity index is 2.04. The predicted molar refractivity (Wildman–Crippen MR) is 94.5 cm³/mol. The Labute approximate surface area is 146 Å². The van der Waals surface area contributed by atoms with Gasteiger partial charge in [0, 0.05) is 12.6 Å². The maximum absolute atomic E-state index is 13.2. The van der Waals surface area contributed by atoms with Crippen molar-refractivity contribution in [2.45, 2.75) is 6.42 Å². The largest absolute Gasteiger partial charge is 0.497 e. The zero-order valence-corrected chi connectivity index (χ0v) is 14.8. The molecule has 132 valence electrons. The molecule has 0 bridgehead atoms. The van der Waals surface area contributed by atoms with E-state index in [1.165, 1.54) is 14.2 Å². The first kappa shape index (κ1) is 17.0. The molecule has 2 aromatic rings. The SMILES string of the molecule is COc1ccc2c(c1)N(C(=O)c1ccc(OC)c(OC)c1OC)CC2. The van der Waals surface area contributed by atoms with Crippen molar-refractivity contribution < 1.29 is 23.7 Å². The van der Waals surface area contributed by atoms with E-state index in [-0.39, 0.29) is 5.91 Å². The van der Waals surface area contributed by atoms with Crippen LogP contribution in [0.3, 0.4) is 0 Å². The van der Waals surface area contributed by atoms with Crippen LogP contribution in [0.2, 0.25) is 0 Å². The van der Waals surface area contributed by atoms with Crippen LogP contribution in [0.15, 0.2) is 30.3 Å². The summed E-state index contributed by atoms with van der Waals surface area (Å²) >= 11 is 0. The van der Waals surface area contributed by atoms with Gasteiger partial charge in [-0.15, -0.1) is 0 Å². The molecule has 6 heteroatoms. The molecule has 0 N–H and O–H groups in total. The summed E-state index contributed by atoms with van der Waals surface area (Å²) in [5, 5.41) is 0. The highest BCUT2D eigenvalue weighted by Crippen LogP contribution is 2.41. The van der Waals surface area contributed by atoms with E-state index in [1.54, 1.807) is 31.3 Å². The van der Waals surface area contributed by atoms with Gasteiger partial charge in [0.15, 0.2) is 11.5 Å². The molecule has 0 saturated carbocycles. The highest BCUT2D eigenvalue weighted by molar-refractivity contribution is 6.09. The second kappa shape index (κ2) is 6.93. The Bertz CT molecular complexity index is 803. The van der Waals surface area contributed by atoms with Gasteiger partial charge in [-0.3, -0.25) is 4.79 Å². The number of amides is 1. The molecule has 1 aliphatic heterocycles. The Kier molecular flexibility index (Phi) is 4.70. The van der Waals surface area contributed by atoms with E-state index in [4.69, 9.17) is 18.9 Å². The summed E-state index contributed by atoms with van der Waals surface area (Å²) in [6.45, 7) is 0.610. The van der Waals surface area contributed by atoms with Gasteiger partial charge >= 0.3 is 0 Å². The average molecular weight is 343 g/mol. The van der Waals surface area contributed by atoms with Crippen molar-refractivity contribution in [3.8, 4) is 23.0 Å². The molecule has 0 aliphatic carbocycles. The fourth-order valence-corrected chi connectivity index (χ4v) is 3.11. The number of carbonyl (C=O) groups is 1. The lowest BCUT2D eigenvalue weighted by Gasteiger charge is -2.21. The second-order valence-corrected chi connectivity index (χ2v) is 5.58. The summed E-state index contributed by atoms with van der Waals surface area (Å²) in [5.74, 6) is 1.85. The normalized spacial score (nSPS) is 12.6. The molecule has 0 spiro atoms. The quantitative estimate of drug-likeness (QED) is 0.835. The number of ether oxygens (including phenoxy) is 4. The van der Waals surface area contributed by atoms with Crippen LogP contribution in [0.5, 0.6) is 23.0 Å². The lowest BCUT2D eigenvalue weighted by atomic mass is 10.1. The zero-order valence-electron chi connectivity index (χ0n) is 14.8. The number of methoxy groups -OCH3 is 4. The zero-order chi connectivity index (χ0) is 18.0. The van der Waals surface area contributed by atoms with Gasteiger partial charge in [-0.1, -0.05) is 6.07 Å². The molecule has 6 nitrogen and oxygen atoms in total. The van der Waals surface area contributed by atoms with Gasteiger partial charge in [0.1, 0.15) is 5.75 Å². The first-order valence-electron chi connectivity index (χ1n) is 7.92. The van der Waals surface area contributed by atoms with E-state index in [9.17, 15) is 4.79 Å². The lowest BCUT2D eigenvalue weighted by Crippen LogP contribution is -2.29. The van der Waals surface area contributed by atoms with E-state index in [0.717, 1.165) is 23.4 Å². The van der Waals surface area contributed by atoms with Gasteiger partial charge < -0.3 is 23.8 Å². The molecule has 0 radical (unpaired) electrons. The lowest BCUT2D eigenvalue weighted by molar-refractivity contribution is 0.0985. The Morgan fingerprint density at radius 1 is 0.920 bits per heavy atom. The van der Waals surface area contributed by atoms with Gasteiger partial charge in [0.05, 0.1) is 39.7 Å². The van der Waals surface area contributed by atoms with E-state index in [0.29, 0.717) is 29.4 Å². The number of hydrogen-bond acceptors (Lipinski definition) is 5. The van der Waals surface area contributed by atoms with Gasteiger partial charge in [0.2, 0.25) is 5.75 Å². The van der Waals surface area contributed by atoms with Gasteiger partial charge in [-0.2, -0.15) is 0 Å². The number of anilines is 1. The number of hydrogen-bond donors (Lipinski definition) is 0. The van der Waals surface area contributed by atoms with E-state index >= 15 is 0 Å². The number of carbonyl (C=O) groups excluding carboxylic acids is 1. The van der Waals surface area contributed by atoms with Gasteiger partial charge in [-0.05, 0) is 30.2 Å². The van der Waals surface area contributed by atoms with Crippen molar-refractivity contribution in [2.75, 3.05) is 39.9 Å². The fraction of sp³-hybridized carbons (Fsp3) is 0.316. The maximum Gasteiger partial charge on any atom is 0.262 e. The van der Waals surface area contributed by atoms with E-state index in [2.05, 4.69) is 0 Å². The summed E-state index contributed by atoms with van der Waals surface area (Å²) < 4.78 is 21.4. The van der Waals surface area contributed by atoms with Crippen LogP contribution in [0.1, 0.15) is 15.9 Å². The number of rotatable bonds is 5. The van der Waals surface area contributed by atoms with Crippen molar-refractivity contribution in [1.82, 2.24) is 0 Å². The summed E-state index contributed by atoms with van der Waals surface area (Å²) in [7, 11) is 6.18. The van der Waals surface area contributed by atoms with Crippen molar-refractivity contribution in [1.29, 1.82) is 0 Å². The maximum atomic E-state index is 13.2. The molecule has 1 amide bonds. The van der Waals surface area contributed by atoms with Crippen molar-refractivity contribution in [2.24, 2.45) is 0 Å². The summed E-state index contributed by atoms with van der Waals surface area (Å²) in [6.07, 6.45) is 0.806. The summed E-state index contributed by atoms with van der Waals surface area (Å²) in [4.78, 5) is 14.9. The standard InChI is InChI=1S/C19H21NO5/c1-22-13-6-5-12-9-10-20(15(12)11-13)19(21)14-7-8-16(23-2)18(25-4)17(14)24-3/h5-8,11H,9-10H2,1-4H3. The first-order chi connectivity index (χ1) is 12.1. The molecule has 1 heterocycles. The third-order valence-corrected chi connectivity index (χ3v) is 4.37. The molecule has 1 aliphatic rings. The molecule has 0 fully saturated rings. The molecule has 0 atom stereocenters. The molecular weight excluding hydrogens is 322 g/mol. The Hall–Kier alpha value is -2.89. The second-order valence-electron chi connectivity index (χ2n) is 5.58. The highest BCUT2D eigenvalue weighted by atomic mass is 16.5. The van der Waals surface area contributed by atoms with E-state index < -0.39 is 0 Å². The Morgan fingerprint density at radius 2 is 1.68 bits per heavy atom. The van der Waals surface area contributed by atoms with Crippen molar-refractivity contribution >= 4 is 11.6 Å². The minimum Gasteiger partial charge on any atom is -0.497 e. The Morgan fingerprint density at radius 3 is 2.32 bits per heavy atom. The van der Waals surface area contributed by atoms with E-state index in [1.807, 2.05) is 18.2 Å². The predicted octanol–water partition coefficient (Wildman–Crippen LogP) is 2.92. The van der Waals surface area contributed by atoms with Crippen LogP contribution in [-0.4, -0.2) is 40.9 Å². The minimum atomic E-state index is -0.148. The highest BCUT2D eigenvalue weighted by Gasteiger charge is 2.30. The monoisotopic (exact) mass is 343 g/mol. The molecular formula is C19H21NO5. The molecule has 0 saturated heterocycles. The van der Waals surface area contributed by atoms with Crippen LogP contribution in [-0.2, 0) is 6.42 Å². The summed E-state index contributed by atoms with van der Waals surface area (Å²) in [5.41, 5.74) is 2.41. The fourth-order valence-electron chi connectivity index (χ4n) is 3.11. The van der Waals surface area contributed by atoms with Crippen molar-refractivity contribution in [3.63, 3.8) is 0 Å². The minimum absolute atomic E-state index is 0.148. The van der Waals surface area contributed by atoms with Crippen LogP contribution in [0.25, 0.3) is 0 Å². The smallest absolute Gasteiger partial charge is 0.262 e. The van der Waals surface area contributed by atoms with Crippen molar-refractivity contribution in [3.05, 3.63) is 41.5 Å².